The Labute approximate surface area is 115 Å². The van der Waals surface area contributed by atoms with Gasteiger partial charge in [-0.2, -0.15) is 0 Å². The van der Waals surface area contributed by atoms with Gasteiger partial charge in [-0.15, -0.1) is 0 Å². The van der Waals surface area contributed by atoms with Crippen LogP contribution in [0.15, 0.2) is 30.6 Å². The molecule has 0 aliphatic heterocycles. The summed E-state index contributed by atoms with van der Waals surface area (Å²) < 4.78 is 6.14. The van der Waals surface area contributed by atoms with Crippen LogP contribution < -0.4 is 5.32 Å². The van der Waals surface area contributed by atoms with Gasteiger partial charge in [-0.05, 0) is 12.1 Å². The number of amides is 1. The fourth-order valence-corrected chi connectivity index (χ4v) is 1.85. The number of carbonyl (C=O) groups excluding carboxylic acids is 2. The molecule has 2 aromatic rings. The molecular weight excluding hydrogens is 262 g/mol. The molecule has 0 saturated heterocycles. The number of para-hydroxylation sites is 2. The topological polar surface area (TPSA) is 93.5 Å². The molecule has 1 heterocycles. The van der Waals surface area contributed by atoms with E-state index >= 15 is 0 Å². The minimum atomic E-state index is -1.05. The van der Waals surface area contributed by atoms with E-state index in [1.165, 1.54) is 7.11 Å². The highest BCUT2D eigenvalue weighted by Gasteiger charge is 2.20. The maximum absolute atomic E-state index is 11.9. The number of fused-ring (bicyclic) bond motifs is 1. The second-order valence-corrected chi connectivity index (χ2v) is 4.19. The third-order valence-corrected chi connectivity index (χ3v) is 2.84. The van der Waals surface area contributed by atoms with E-state index in [1.54, 1.807) is 10.9 Å². The van der Waals surface area contributed by atoms with Crippen LogP contribution in [0.5, 0.6) is 0 Å². The van der Waals surface area contributed by atoms with Crippen LogP contribution in [0.2, 0.25) is 0 Å². The van der Waals surface area contributed by atoms with E-state index < -0.39 is 24.5 Å². The van der Waals surface area contributed by atoms with Gasteiger partial charge in [0, 0.05) is 0 Å². The summed E-state index contributed by atoms with van der Waals surface area (Å²) in [6.07, 6.45) is 1.55. The van der Waals surface area contributed by atoms with Crippen molar-refractivity contribution in [1.29, 1.82) is 0 Å². The predicted octanol–water partition coefficient (Wildman–Crippen LogP) is -0.314. The Bertz CT molecular complexity index is 623. The first-order chi connectivity index (χ1) is 9.65. The molecule has 1 aromatic carbocycles. The molecule has 1 atom stereocenters. The van der Waals surface area contributed by atoms with Crippen LogP contribution >= 0.6 is 0 Å². The number of hydrogen-bond donors (Lipinski definition) is 2. The third-order valence-electron chi connectivity index (χ3n) is 2.84. The molecule has 7 nitrogen and oxygen atoms in total. The number of nitrogens with one attached hydrogen (secondary N) is 1. The van der Waals surface area contributed by atoms with Crippen LogP contribution in [-0.4, -0.2) is 46.3 Å². The Kier molecular flexibility index (Phi) is 4.31. The van der Waals surface area contributed by atoms with Crippen molar-refractivity contribution in [2.75, 3.05) is 13.7 Å². The zero-order valence-corrected chi connectivity index (χ0v) is 10.9. The summed E-state index contributed by atoms with van der Waals surface area (Å²) >= 11 is 0. The number of ether oxygens (including phenoxy) is 1. The molecule has 20 heavy (non-hydrogen) atoms. The van der Waals surface area contributed by atoms with E-state index in [4.69, 9.17) is 5.11 Å². The Morgan fingerprint density at radius 1 is 1.45 bits per heavy atom. The highest BCUT2D eigenvalue weighted by molar-refractivity contribution is 5.85. The summed E-state index contributed by atoms with van der Waals surface area (Å²) in [5.41, 5.74) is 1.60. The van der Waals surface area contributed by atoms with Gasteiger partial charge in [0.15, 0.2) is 6.04 Å². The van der Waals surface area contributed by atoms with Crippen LogP contribution in [0.3, 0.4) is 0 Å². The lowest BCUT2D eigenvalue weighted by Crippen LogP contribution is -2.45. The normalized spacial score (nSPS) is 12.1. The second-order valence-electron chi connectivity index (χ2n) is 4.19. The van der Waals surface area contributed by atoms with E-state index in [0.29, 0.717) is 0 Å². The third kappa shape index (κ3) is 2.94. The monoisotopic (exact) mass is 277 g/mol. The van der Waals surface area contributed by atoms with Crippen LogP contribution in [0.25, 0.3) is 11.0 Å². The van der Waals surface area contributed by atoms with Crippen molar-refractivity contribution in [2.24, 2.45) is 0 Å². The van der Waals surface area contributed by atoms with E-state index in [2.05, 4.69) is 15.0 Å². The number of rotatable bonds is 5. The first-order valence-electron chi connectivity index (χ1n) is 6.03. The van der Waals surface area contributed by atoms with E-state index in [0.717, 1.165) is 11.0 Å². The number of benzene rings is 1. The Morgan fingerprint density at radius 2 is 2.20 bits per heavy atom. The quantitative estimate of drug-likeness (QED) is 0.731. The number of aliphatic hydroxyl groups is 1. The van der Waals surface area contributed by atoms with Gasteiger partial charge < -0.3 is 19.7 Å². The standard InChI is InChI=1S/C13H15N3O4/c1-20-13(19)10(7-17)15-12(18)6-16-8-14-9-4-2-3-5-11(9)16/h2-5,8,10,17H,6-7H2,1H3,(H,15,18). The fourth-order valence-electron chi connectivity index (χ4n) is 1.85. The van der Waals surface area contributed by atoms with Crippen LogP contribution in [0.4, 0.5) is 0 Å². The van der Waals surface area contributed by atoms with Crippen LogP contribution in [0, 0.1) is 0 Å². The molecule has 7 heteroatoms. The van der Waals surface area contributed by atoms with E-state index in [9.17, 15) is 9.59 Å². The Hall–Kier alpha value is -2.41. The number of methoxy groups -OCH3 is 1. The Morgan fingerprint density at radius 3 is 2.90 bits per heavy atom. The fraction of sp³-hybridized carbons (Fsp3) is 0.308. The lowest BCUT2D eigenvalue weighted by Gasteiger charge is -2.14. The molecule has 1 aromatic heterocycles. The number of aromatic nitrogens is 2. The van der Waals surface area contributed by atoms with Gasteiger partial charge in [0.2, 0.25) is 5.91 Å². The Balaban J connectivity index is 2.06. The van der Waals surface area contributed by atoms with Crippen LogP contribution in [-0.2, 0) is 20.9 Å². The summed E-state index contributed by atoms with van der Waals surface area (Å²) in [7, 11) is 1.19. The zero-order chi connectivity index (χ0) is 14.5. The molecule has 1 amide bonds. The summed E-state index contributed by atoms with van der Waals surface area (Å²) in [5.74, 6) is -1.09. The molecule has 0 fully saturated rings. The van der Waals surface area contributed by atoms with Crippen molar-refractivity contribution in [3.05, 3.63) is 30.6 Å². The second kappa shape index (κ2) is 6.16. The number of imidazole rings is 1. The van der Waals surface area contributed by atoms with Gasteiger partial charge >= 0.3 is 5.97 Å². The summed E-state index contributed by atoms with van der Waals surface area (Å²) in [6, 6.07) is 6.35. The smallest absolute Gasteiger partial charge is 0.330 e. The predicted molar refractivity (Wildman–Crippen MR) is 70.8 cm³/mol. The van der Waals surface area contributed by atoms with Crippen molar-refractivity contribution < 1.29 is 19.4 Å². The van der Waals surface area contributed by atoms with Gasteiger partial charge in [-0.1, -0.05) is 12.1 Å². The molecule has 0 radical (unpaired) electrons. The van der Waals surface area contributed by atoms with Crippen molar-refractivity contribution >= 4 is 22.9 Å². The van der Waals surface area contributed by atoms with Crippen molar-refractivity contribution in [3.8, 4) is 0 Å². The number of esters is 1. The molecule has 0 spiro atoms. The number of hydrogen-bond acceptors (Lipinski definition) is 5. The lowest BCUT2D eigenvalue weighted by molar-refractivity contribution is -0.146. The first kappa shape index (κ1) is 14.0. The van der Waals surface area contributed by atoms with Crippen molar-refractivity contribution in [3.63, 3.8) is 0 Å². The molecule has 0 saturated carbocycles. The van der Waals surface area contributed by atoms with Crippen LogP contribution in [0.1, 0.15) is 0 Å². The largest absolute Gasteiger partial charge is 0.467 e. The molecule has 0 bridgehead atoms. The van der Waals surface area contributed by atoms with E-state index in [-0.39, 0.29) is 6.54 Å². The minimum absolute atomic E-state index is 0.00794. The summed E-state index contributed by atoms with van der Waals surface area (Å²) in [5, 5.41) is 11.4. The molecule has 0 aliphatic carbocycles. The first-order valence-corrected chi connectivity index (χ1v) is 6.03. The number of aliphatic hydroxyl groups excluding tert-OH is 1. The summed E-state index contributed by atoms with van der Waals surface area (Å²) in [6.45, 7) is -0.503. The lowest BCUT2D eigenvalue weighted by atomic mass is 10.3. The molecule has 2 N–H and O–H groups in total. The molecule has 0 aliphatic rings. The average molecular weight is 277 g/mol. The van der Waals surface area contributed by atoms with Crippen molar-refractivity contribution in [2.45, 2.75) is 12.6 Å². The van der Waals surface area contributed by atoms with Gasteiger partial charge in [0.05, 0.1) is 31.1 Å². The molecule has 2 rings (SSSR count). The zero-order valence-electron chi connectivity index (χ0n) is 10.9. The van der Waals surface area contributed by atoms with E-state index in [1.807, 2.05) is 24.3 Å². The highest BCUT2D eigenvalue weighted by atomic mass is 16.5. The SMILES string of the molecule is COC(=O)C(CO)NC(=O)Cn1cnc2ccccc21. The molecule has 1 unspecified atom stereocenters. The highest BCUT2D eigenvalue weighted by Crippen LogP contribution is 2.11. The van der Waals surface area contributed by atoms with Gasteiger partial charge in [0.1, 0.15) is 6.54 Å². The summed E-state index contributed by atoms with van der Waals surface area (Å²) in [4.78, 5) is 27.3. The number of nitrogens with zero attached hydrogens (tertiary/aromatic N) is 2. The minimum Gasteiger partial charge on any atom is -0.467 e. The maximum Gasteiger partial charge on any atom is 0.330 e. The molecular formula is C13H15N3O4. The average Bonchev–Trinajstić information content (AvgIpc) is 2.87. The molecule has 106 valence electrons. The number of carbonyl (C=O) groups is 2. The maximum atomic E-state index is 11.9. The van der Waals surface area contributed by atoms with Gasteiger partial charge in [-0.25, -0.2) is 9.78 Å². The van der Waals surface area contributed by atoms with Gasteiger partial charge in [0.25, 0.3) is 0 Å². The van der Waals surface area contributed by atoms with Crippen molar-refractivity contribution in [1.82, 2.24) is 14.9 Å². The van der Waals surface area contributed by atoms with Gasteiger partial charge in [-0.3, -0.25) is 4.79 Å².